The number of hydrogen-bond donors (Lipinski definition) is 1. The molecule has 1 aliphatic rings. The van der Waals surface area contributed by atoms with Crippen LogP contribution in [0.1, 0.15) is 38.2 Å². The lowest BCUT2D eigenvalue weighted by Crippen LogP contribution is -2.05. The summed E-state index contributed by atoms with van der Waals surface area (Å²) in [7, 11) is 0. The van der Waals surface area contributed by atoms with E-state index in [-0.39, 0.29) is 10.6 Å². The quantitative estimate of drug-likeness (QED) is 0.424. The van der Waals surface area contributed by atoms with Crippen LogP contribution in [-0.2, 0) is 11.3 Å². The summed E-state index contributed by atoms with van der Waals surface area (Å²) in [6, 6.07) is 4.91. The van der Waals surface area contributed by atoms with E-state index in [0.717, 1.165) is 43.2 Å². The minimum absolute atomic E-state index is 0.118. The minimum Gasteiger partial charge on any atom is -0.385 e. The summed E-state index contributed by atoms with van der Waals surface area (Å²) >= 11 is 0. The molecule has 0 bridgehead atoms. The normalized spacial score (nSPS) is 14.2. The second kappa shape index (κ2) is 7.24. The third-order valence-electron chi connectivity index (χ3n) is 3.49. The van der Waals surface area contributed by atoms with E-state index in [1.165, 1.54) is 18.9 Å². The number of nitrogens with zero attached hydrogens (tertiary/aromatic N) is 1. The number of anilines is 1. The fourth-order valence-corrected chi connectivity index (χ4v) is 2.08. The van der Waals surface area contributed by atoms with Crippen molar-refractivity contribution >= 4 is 11.4 Å². The van der Waals surface area contributed by atoms with Gasteiger partial charge >= 0.3 is 0 Å². The Balaban J connectivity index is 1.96. The topological polar surface area (TPSA) is 64.4 Å². The molecule has 0 amide bonds. The SMILES string of the molecule is CCCNc1ccc([N+](=O)[O-])cc1COCCC1CC1. The van der Waals surface area contributed by atoms with Crippen LogP contribution in [0.3, 0.4) is 0 Å². The van der Waals surface area contributed by atoms with Gasteiger partial charge < -0.3 is 10.1 Å². The summed E-state index contributed by atoms with van der Waals surface area (Å²) in [4.78, 5) is 10.5. The van der Waals surface area contributed by atoms with Crippen molar-refractivity contribution in [2.24, 2.45) is 5.92 Å². The van der Waals surface area contributed by atoms with Crippen LogP contribution in [0.4, 0.5) is 11.4 Å². The van der Waals surface area contributed by atoms with Crippen molar-refractivity contribution in [3.8, 4) is 0 Å². The largest absolute Gasteiger partial charge is 0.385 e. The number of non-ortho nitro benzene ring substituents is 1. The summed E-state index contributed by atoms with van der Waals surface area (Å²) < 4.78 is 5.66. The highest BCUT2D eigenvalue weighted by atomic mass is 16.6. The Bertz CT molecular complexity index is 458. The maximum Gasteiger partial charge on any atom is 0.269 e. The molecule has 0 heterocycles. The van der Waals surface area contributed by atoms with Gasteiger partial charge in [-0.05, 0) is 24.8 Å². The summed E-state index contributed by atoms with van der Waals surface area (Å²) in [5.74, 6) is 0.845. The number of nitrogens with one attached hydrogen (secondary N) is 1. The minimum atomic E-state index is -0.364. The van der Waals surface area contributed by atoms with Gasteiger partial charge in [-0.3, -0.25) is 10.1 Å². The number of nitro groups is 1. The van der Waals surface area contributed by atoms with Gasteiger partial charge in [-0.2, -0.15) is 0 Å². The van der Waals surface area contributed by atoms with Crippen LogP contribution >= 0.6 is 0 Å². The van der Waals surface area contributed by atoms with Gasteiger partial charge in [-0.15, -0.1) is 0 Å². The fourth-order valence-electron chi connectivity index (χ4n) is 2.08. The molecule has 0 unspecified atom stereocenters. The first kappa shape index (κ1) is 14.8. The van der Waals surface area contributed by atoms with Crippen molar-refractivity contribution < 1.29 is 9.66 Å². The van der Waals surface area contributed by atoms with Gasteiger partial charge in [0.2, 0.25) is 0 Å². The Morgan fingerprint density at radius 2 is 2.25 bits per heavy atom. The Labute approximate surface area is 119 Å². The highest BCUT2D eigenvalue weighted by Gasteiger charge is 2.20. The lowest BCUT2D eigenvalue weighted by molar-refractivity contribution is -0.384. The number of hydrogen-bond acceptors (Lipinski definition) is 4. The molecule has 2 rings (SSSR count). The molecule has 0 radical (unpaired) electrons. The van der Waals surface area contributed by atoms with Crippen molar-refractivity contribution in [2.45, 2.75) is 39.2 Å². The van der Waals surface area contributed by atoms with Gasteiger partial charge in [0.1, 0.15) is 0 Å². The number of ether oxygens (including phenoxy) is 1. The van der Waals surface area contributed by atoms with Gasteiger partial charge in [0, 0.05) is 36.5 Å². The first-order chi connectivity index (χ1) is 9.70. The van der Waals surface area contributed by atoms with Crippen molar-refractivity contribution in [1.82, 2.24) is 0 Å². The van der Waals surface area contributed by atoms with E-state index in [1.807, 2.05) is 0 Å². The molecule has 0 aliphatic heterocycles. The number of rotatable bonds is 9. The van der Waals surface area contributed by atoms with Crippen molar-refractivity contribution in [3.63, 3.8) is 0 Å². The molecule has 1 aliphatic carbocycles. The average Bonchev–Trinajstić information content (AvgIpc) is 3.26. The monoisotopic (exact) mass is 278 g/mol. The standard InChI is InChI=1S/C15H22N2O3/c1-2-8-16-15-6-5-14(17(18)19)10-13(15)11-20-9-7-12-3-4-12/h5-6,10,12,16H,2-4,7-9,11H2,1H3. The molecule has 1 aromatic rings. The number of nitro benzene ring substituents is 1. The van der Waals surface area contributed by atoms with Crippen LogP contribution in [0.5, 0.6) is 0 Å². The zero-order valence-electron chi connectivity index (χ0n) is 11.9. The van der Waals surface area contributed by atoms with Crippen molar-refractivity contribution in [2.75, 3.05) is 18.5 Å². The zero-order valence-corrected chi connectivity index (χ0v) is 11.9. The molecule has 1 N–H and O–H groups in total. The molecule has 0 aromatic heterocycles. The van der Waals surface area contributed by atoms with Crippen LogP contribution < -0.4 is 5.32 Å². The van der Waals surface area contributed by atoms with Gasteiger partial charge in [-0.1, -0.05) is 19.8 Å². The first-order valence-electron chi connectivity index (χ1n) is 7.29. The highest BCUT2D eigenvalue weighted by molar-refractivity contribution is 5.55. The number of benzene rings is 1. The smallest absolute Gasteiger partial charge is 0.269 e. The van der Waals surface area contributed by atoms with Crippen LogP contribution in [0.2, 0.25) is 0 Å². The summed E-state index contributed by atoms with van der Waals surface area (Å²) in [5, 5.41) is 14.1. The van der Waals surface area contributed by atoms with Gasteiger partial charge in [0.15, 0.2) is 0 Å². The molecule has 110 valence electrons. The van der Waals surface area contributed by atoms with Gasteiger partial charge in [0.25, 0.3) is 5.69 Å². The lowest BCUT2D eigenvalue weighted by Gasteiger charge is -2.12. The molecule has 20 heavy (non-hydrogen) atoms. The van der Waals surface area contributed by atoms with Gasteiger partial charge in [-0.25, -0.2) is 0 Å². The third kappa shape index (κ3) is 4.49. The van der Waals surface area contributed by atoms with E-state index in [4.69, 9.17) is 4.74 Å². The van der Waals surface area contributed by atoms with Crippen LogP contribution in [0.25, 0.3) is 0 Å². The van der Waals surface area contributed by atoms with Crippen molar-refractivity contribution in [1.29, 1.82) is 0 Å². The van der Waals surface area contributed by atoms with E-state index >= 15 is 0 Å². The van der Waals surface area contributed by atoms with Crippen molar-refractivity contribution in [3.05, 3.63) is 33.9 Å². The molecule has 0 saturated heterocycles. The van der Waals surface area contributed by atoms with Crippen LogP contribution in [-0.4, -0.2) is 18.1 Å². The molecule has 1 saturated carbocycles. The molecule has 0 atom stereocenters. The van der Waals surface area contributed by atoms with E-state index in [2.05, 4.69) is 12.2 Å². The molecule has 5 heteroatoms. The molecular formula is C15H22N2O3. The summed E-state index contributed by atoms with van der Waals surface area (Å²) in [6.45, 7) is 4.11. The summed E-state index contributed by atoms with van der Waals surface area (Å²) in [6.07, 6.45) is 4.76. The molecule has 1 aromatic carbocycles. The molecule has 5 nitrogen and oxygen atoms in total. The average molecular weight is 278 g/mol. The zero-order chi connectivity index (χ0) is 14.4. The Morgan fingerprint density at radius 1 is 1.45 bits per heavy atom. The molecule has 1 fully saturated rings. The molecule has 0 spiro atoms. The fraction of sp³-hybridized carbons (Fsp3) is 0.600. The third-order valence-corrected chi connectivity index (χ3v) is 3.49. The van der Waals surface area contributed by atoms with Crippen LogP contribution in [0.15, 0.2) is 18.2 Å². The Kier molecular flexibility index (Phi) is 5.35. The van der Waals surface area contributed by atoms with E-state index in [1.54, 1.807) is 12.1 Å². The van der Waals surface area contributed by atoms with E-state index < -0.39 is 0 Å². The second-order valence-corrected chi connectivity index (χ2v) is 5.31. The summed E-state index contributed by atoms with van der Waals surface area (Å²) in [5.41, 5.74) is 1.92. The highest BCUT2D eigenvalue weighted by Crippen LogP contribution is 2.32. The Hall–Kier alpha value is -1.62. The van der Waals surface area contributed by atoms with E-state index in [0.29, 0.717) is 6.61 Å². The predicted octanol–water partition coefficient (Wildman–Crippen LogP) is 3.73. The maximum atomic E-state index is 10.9. The molecular weight excluding hydrogens is 256 g/mol. The predicted molar refractivity (Wildman–Crippen MR) is 78.9 cm³/mol. The Morgan fingerprint density at radius 3 is 2.90 bits per heavy atom. The second-order valence-electron chi connectivity index (χ2n) is 5.31. The van der Waals surface area contributed by atoms with E-state index in [9.17, 15) is 10.1 Å². The van der Waals surface area contributed by atoms with Gasteiger partial charge in [0.05, 0.1) is 11.5 Å². The first-order valence-corrected chi connectivity index (χ1v) is 7.29. The maximum absolute atomic E-state index is 10.9. The van der Waals surface area contributed by atoms with Crippen LogP contribution in [0, 0.1) is 16.0 Å². The lowest BCUT2D eigenvalue weighted by atomic mass is 10.1.